The first kappa shape index (κ1) is 27.4. The van der Waals surface area contributed by atoms with E-state index in [4.69, 9.17) is 14.2 Å². The van der Waals surface area contributed by atoms with Gasteiger partial charge in [-0.1, -0.05) is 49.4 Å². The van der Waals surface area contributed by atoms with Crippen molar-refractivity contribution in [3.63, 3.8) is 0 Å². The zero-order chi connectivity index (χ0) is 27.8. The van der Waals surface area contributed by atoms with Crippen molar-refractivity contribution in [2.45, 2.75) is 24.3 Å². The first-order valence-electron chi connectivity index (χ1n) is 12.0. The van der Waals surface area contributed by atoms with Gasteiger partial charge in [-0.3, -0.25) is 9.52 Å². The van der Waals surface area contributed by atoms with Crippen molar-refractivity contribution in [3.05, 3.63) is 84.9 Å². The summed E-state index contributed by atoms with van der Waals surface area (Å²) in [4.78, 5) is 20.8. The Morgan fingerprint density at radius 1 is 0.872 bits per heavy atom. The highest BCUT2D eigenvalue weighted by atomic mass is 32.2. The van der Waals surface area contributed by atoms with E-state index in [2.05, 4.69) is 20.0 Å². The molecule has 1 aromatic heterocycles. The second-order valence-corrected chi connectivity index (χ2v) is 9.99. The fourth-order valence-corrected chi connectivity index (χ4v) is 4.62. The third-order valence-electron chi connectivity index (χ3n) is 5.65. The van der Waals surface area contributed by atoms with E-state index in [0.29, 0.717) is 17.9 Å². The highest BCUT2D eigenvalue weighted by molar-refractivity contribution is 7.92. The fraction of sp³-hybridized carbons (Fsp3) is 0.179. The number of sulfonamides is 1. The second-order valence-electron chi connectivity index (χ2n) is 8.31. The number of rotatable bonds is 11. The Morgan fingerprint density at radius 3 is 2.15 bits per heavy atom. The van der Waals surface area contributed by atoms with Crippen LogP contribution in [0.2, 0.25) is 0 Å². The molecule has 0 bridgehead atoms. The van der Waals surface area contributed by atoms with E-state index in [0.717, 1.165) is 11.1 Å². The van der Waals surface area contributed by atoms with Gasteiger partial charge in [0.05, 0.1) is 19.1 Å². The van der Waals surface area contributed by atoms with Crippen LogP contribution in [0.5, 0.6) is 17.6 Å². The molecule has 0 aliphatic heterocycles. The summed E-state index contributed by atoms with van der Waals surface area (Å²) in [5.74, 6) is 0.342. The number of carbonyl (C=O) groups excluding carboxylic acids is 1. The highest BCUT2D eigenvalue weighted by Gasteiger charge is 2.20. The number of nitrogens with one attached hydrogen (secondary N) is 2. The topological polar surface area (TPSA) is 129 Å². The molecule has 0 radical (unpaired) electrons. The van der Waals surface area contributed by atoms with Gasteiger partial charge in [0.1, 0.15) is 5.75 Å². The molecule has 0 saturated heterocycles. The van der Waals surface area contributed by atoms with E-state index < -0.39 is 16.1 Å². The third-order valence-corrected chi connectivity index (χ3v) is 7.02. The van der Waals surface area contributed by atoms with Crippen molar-refractivity contribution in [1.82, 2.24) is 9.97 Å². The smallest absolute Gasteiger partial charge is 0.321 e. The maximum absolute atomic E-state index is 12.9. The Morgan fingerprint density at radius 2 is 1.54 bits per heavy atom. The first-order chi connectivity index (χ1) is 18.8. The summed E-state index contributed by atoms with van der Waals surface area (Å²) in [6.45, 7) is 1.85. The predicted molar refractivity (Wildman–Crippen MR) is 148 cm³/mol. The zero-order valence-corrected chi connectivity index (χ0v) is 22.4. The van der Waals surface area contributed by atoms with Crippen LogP contribution in [0, 0.1) is 0 Å². The Labute approximate surface area is 227 Å². The van der Waals surface area contributed by atoms with E-state index in [1.807, 2.05) is 61.5 Å². The molecule has 1 unspecified atom stereocenters. The Balaban J connectivity index is 1.39. The molecular weight excluding hydrogens is 520 g/mol. The Kier molecular flexibility index (Phi) is 8.62. The molecule has 0 aliphatic rings. The minimum absolute atomic E-state index is 0.0178. The normalized spacial score (nSPS) is 11.8. The number of anilines is 2. The van der Waals surface area contributed by atoms with Crippen LogP contribution in [-0.2, 0) is 14.8 Å². The Bertz CT molecular complexity index is 1490. The second kappa shape index (κ2) is 12.3. The van der Waals surface area contributed by atoms with E-state index in [-0.39, 0.29) is 28.5 Å². The number of hydrogen-bond acceptors (Lipinski definition) is 8. The fourth-order valence-electron chi connectivity index (χ4n) is 3.63. The van der Waals surface area contributed by atoms with Gasteiger partial charge in [0, 0.05) is 11.8 Å². The zero-order valence-electron chi connectivity index (χ0n) is 21.6. The van der Waals surface area contributed by atoms with Gasteiger partial charge in [0.25, 0.3) is 15.9 Å². The summed E-state index contributed by atoms with van der Waals surface area (Å²) in [7, 11) is -1.23. The molecule has 4 rings (SSSR count). The van der Waals surface area contributed by atoms with Crippen molar-refractivity contribution >= 4 is 27.4 Å². The maximum Gasteiger partial charge on any atom is 0.321 e. The van der Waals surface area contributed by atoms with Crippen LogP contribution in [0.3, 0.4) is 0 Å². The maximum atomic E-state index is 12.9. The summed E-state index contributed by atoms with van der Waals surface area (Å²) in [5.41, 5.74) is 2.56. The molecule has 39 heavy (non-hydrogen) atoms. The molecule has 202 valence electrons. The number of ether oxygens (including phenoxy) is 3. The number of nitrogens with zero attached hydrogens (tertiary/aromatic N) is 2. The lowest BCUT2D eigenvalue weighted by Crippen LogP contribution is -2.32. The van der Waals surface area contributed by atoms with Crippen molar-refractivity contribution in [2.24, 2.45) is 0 Å². The minimum atomic E-state index is -3.98. The SMILES string of the molecule is CCC(Oc1ccc(-c2ccccc2)cc1)C(=O)Nc1ccc(S(=O)(=O)Nc2cc(OC)nc(OC)n2)cc1. The van der Waals surface area contributed by atoms with Crippen LogP contribution < -0.4 is 24.2 Å². The summed E-state index contributed by atoms with van der Waals surface area (Å²) in [6, 6.07) is 24.5. The van der Waals surface area contributed by atoms with Crippen LogP contribution in [0.4, 0.5) is 11.5 Å². The Hall–Kier alpha value is -4.64. The monoisotopic (exact) mass is 548 g/mol. The van der Waals surface area contributed by atoms with Crippen LogP contribution in [0.15, 0.2) is 89.8 Å². The number of hydrogen-bond donors (Lipinski definition) is 2. The highest BCUT2D eigenvalue weighted by Crippen LogP contribution is 2.24. The van der Waals surface area contributed by atoms with E-state index >= 15 is 0 Å². The third kappa shape index (κ3) is 7.02. The average molecular weight is 549 g/mol. The number of methoxy groups -OCH3 is 2. The van der Waals surface area contributed by atoms with Gasteiger partial charge in [-0.05, 0) is 53.9 Å². The van der Waals surface area contributed by atoms with Crippen LogP contribution >= 0.6 is 0 Å². The summed E-state index contributed by atoms with van der Waals surface area (Å²) >= 11 is 0. The molecule has 1 atom stereocenters. The van der Waals surface area contributed by atoms with E-state index in [9.17, 15) is 13.2 Å². The van der Waals surface area contributed by atoms with Gasteiger partial charge < -0.3 is 19.5 Å². The number of carbonyl (C=O) groups is 1. The van der Waals surface area contributed by atoms with Gasteiger partial charge in [-0.25, -0.2) is 8.42 Å². The summed E-state index contributed by atoms with van der Waals surface area (Å²) in [6.07, 6.45) is -0.297. The molecule has 4 aromatic rings. The van der Waals surface area contributed by atoms with E-state index in [1.165, 1.54) is 44.6 Å². The molecule has 1 amide bonds. The quantitative estimate of drug-likeness (QED) is 0.275. The van der Waals surface area contributed by atoms with Crippen LogP contribution in [-0.4, -0.2) is 44.6 Å². The molecule has 11 heteroatoms. The van der Waals surface area contributed by atoms with Crippen molar-refractivity contribution in [1.29, 1.82) is 0 Å². The van der Waals surface area contributed by atoms with Crippen molar-refractivity contribution in [2.75, 3.05) is 24.3 Å². The molecule has 10 nitrogen and oxygen atoms in total. The van der Waals surface area contributed by atoms with Crippen LogP contribution in [0.1, 0.15) is 13.3 Å². The van der Waals surface area contributed by atoms with Crippen molar-refractivity contribution < 1.29 is 27.4 Å². The average Bonchev–Trinajstić information content (AvgIpc) is 2.96. The van der Waals surface area contributed by atoms with E-state index in [1.54, 1.807) is 0 Å². The number of benzene rings is 3. The lowest BCUT2D eigenvalue weighted by molar-refractivity contribution is -0.122. The van der Waals surface area contributed by atoms with Gasteiger partial charge in [0.2, 0.25) is 5.88 Å². The molecular formula is C28H28N4O6S. The molecule has 0 spiro atoms. The lowest BCUT2D eigenvalue weighted by Gasteiger charge is -2.18. The van der Waals surface area contributed by atoms with Crippen molar-refractivity contribution in [3.8, 4) is 28.8 Å². The van der Waals surface area contributed by atoms with Gasteiger partial charge in [0.15, 0.2) is 11.9 Å². The minimum Gasteiger partial charge on any atom is -0.481 e. The molecule has 3 aromatic carbocycles. The standard InChI is InChI=1S/C28H28N4O6S/c1-4-24(38-22-14-10-20(11-15-22)19-8-6-5-7-9-19)27(33)29-21-12-16-23(17-13-21)39(34,35)32-25-18-26(36-2)31-28(30-25)37-3/h5-18,24H,4H2,1-3H3,(H,29,33)(H,30,31,32). The number of aromatic nitrogens is 2. The largest absolute Gasteiger partial charge is 0.481 e. The molecule has 0 fully saturated rings. The summed E-state index contributed by atoms with van der Waals surface area (Å²) < 4.78 is 44.0. The predicted octanol–water partition coefficient (Wildman–Crippen LogP) is 4.76. The van der Waals surface area contributed by atoms with Gasteiger partial charge in [-0.15, -0.1) is 0 Å². The van der Waals surface area contributed by atoms with Gasteiger partial charge >= 0.3 is 6.01 Å². The first-order valence-corrected chi connectivity index (χ1v) is 13.5. The van der Waals surface area contributed by atoms with Gasteiger partial charge in [-0.2, -0.15) is 9.97 Å². The molecule has 0 aliphatic carbocycles. The molecule has 2 N–H and O–H groups in total. The van der Waals surface area contributed by atoms with Crippen LogP contribution in [0.25, 0.3) is 11.1 Å². The lowest BCUT2D eigenvalue weighted by atomic mass is 10.1. The molecule has 0 saturated carbocycles. The summed E-state index contributed by atoms with van der Waals surface area (Å²) in [5, 5.41) is 2.78. The number of amides is 1. The molecule has 1 heterocycles.